The molecule has 0 N–H and O–H groups in total. The highest BCUT2D eigenvalue weighted by Crippen LogP contribution is 2.66. The molecular formula is C63H64F6N4O6. The maximum Gasteiger partial charge on any atom is 0.416 e. The van der Waals surface area contributed by atoms with E-state index in [9.17, 15) is 26.3 Å². The summed E-state index contributed by atoms with van der Waals surface area (Å²) in [5.74, 6) is 2.31. The second kappa shape index (κ2) is 22.1. The van der Waals surface area contributed by atoms with Crippen molar-refractivity contribution in [2.45, 2.75) is 161 Å². The second-order valence-corrected chi connectivity index (χ2v) is 21.1. The van der Waals surface area contributed by atoms with Crippen molar-refractivity contribution in [3.8, 4) is 68.4 Å². The highest BCUT2D eigenvalue weighted by molar-refractivity contribution is 5.98. The first-order chi connectivity index (χ1) is 37.8. The Labute approximate surface area is 456 Å². The number of allylic oxidation sites excluding steroid dienone is 2. The Morgan fingerprint density at radius 3 is 1.33 bits per heavy atom. The summed E-state index contributed by atoms with van der Waals surface area (Å²) in [6.07, 6.45) is -0.419. The molecule has 79 heavy (non-hydrogen) atoms. The summed E-state index contributed by atoms with van der Waals surface area (Å²) < 4.78 is 122. The van der Waals surface area contributed by atoms with Crippen LogP contribution in [0.1, 0.15) is 147 Å². The Balaban J connectivity index is 1.22. The van der Waals surface area contributed by atoms with E-state index in [-0.39, 0.29) is 48.0 Å². The van der Waals surface area contributed by atoms with Gasteiger partial charge in [-0.1, -0.05) is 65.5 Å². The number of nitrogens with zero attached hydrogens (tertiary/aromatic N) is 4. The lowest BCUT2D eigenvalue weighted by Gasteiger charge is -2.35. The first-order valence-corrected chi connectivity index (χ1v) is 27.5. The molecule has 5 aromatic carbocycles. The van der Waals surface area contributed by atoms with Gasteiger partial charge < -0.3 is 27.8 Å². The van der Waals surface area contributed by atoms with E-state index >= 15 is 0 Å². The van der Waals surface area contributed by atoms with Gasteiger partial charge in [0.15, 0.2) is 11.5 Å². The molecule has 5 unspecified atom stereocenters. The van der Waals surface area contributed by atoms with Gasteiger partial charge in [0, 0.05) is 28.7 Å². The Morgan fingerprint density at radius 1 is 0.494 bits per heavy atom. The predicted molar refractivity (Wildman–Crippen MR) is 290 cm³/mol. The van der Waals surface area contributed by atoms with Gasteiger partial charge in [0.1, 0.15) is 11.9 Å². The molecule has 0 saturated heterocycles. The zero-order valence-electron chi connectivity index (χ0n) is 45.6. The normalized spacial score (nSPS) is 16.9. The van der Waals surface area contributed by atoms with Crippen molar-refractivity contribution in [2.75, 3.05) is 0 Å². The Kier molecular flexibility index (Phi) is 15.5. The SMILES string of the molecule is CCCC(C)OC1=CC2=C(CC1OC(C)CCC)c1cc(OC(C)CCC)c(OC(C)CCC)cc1C21c2cc(-c3nnc(-c4ccc(C(F)(F)F)cc4)o3)ccc2-c2ccc(-c3nnc(-c4ccc(C(F)(F)F)cc4)o3)cc21. The quantitative estimate of drug-likeness (QED) is 0.0684. The minimum atomic E-state index is -4.52. The lowest BCUT2D eigenvalue weighted by Crippen LogP contribution is -2.31. The summed E-state index contributed by atoms with van der Waals surface area (Å²) >= 11 is 0. The minimum Gasteiger partial charge on any atom is -0.492 e. The van der Waals surface area contributed by atoms with Gasteiger partial charge in [0.25, 0.3) is 0 Å². The molecule has 0 fully saturated rings. The van der Waals surface area contributed by atoms with Gasteiger partial charge in [-0.25, -0.2) is 0 Å². The standard InChI is InChI=1S/C63H64F6N4O6/c1-9-13-35(5)74-53-31-47-48-32-54(75-36(6)14-10-2)56(77-38(8)16-12-4)34-52(48)61(51(47)33-55(53)76-37(7)15-11-3)49-29-41(59-72-70-57(78-59)39-17-23-43(24-18-39)62(64,65)66)21-27-45(49)46-28-22-42(30-50(46)61)60-73-71-58(79-60)40-19-25-44(26-20-40)63(67,68)69/h17-31,33-38,54H,9-16,32H2,1-8H3. The van der Waals surface area contributed by atoms with Crippen LogP contribution in [0, 0.1) is 0 Å². The van der Waals surface area contributed by atoms with Gasteiger partial charge in [0.05, 0.1) is 41.0 Å². The van der Waals surface area contributed by atoms with Crippen molar-refractivity contribution in [1.82, 2.24) is 20.4 Å². The van der Waals surface area contributed by atoms with Crippen molar-refractivity contribution in [3.05, 3.63) is 148 Å². The van der Waals surface area contributed by atoms with Crippen molar-refractivity contribution >= 4 is 5.57 Å². The van der Waals surface area contributed by atoms with Crippen molar-refractivity contribution in [3.63, 3.8) is 0 Å². The molecule has 414 valence electrons. The maximum absolute atomic E-state index is 13.6. The lowest BCUT2D eigenvalue weighted by molar-refractivity contribution is -0.138. The van der Waals surface area contributed by atoms with Crippen molar-refractivity contribution in [1.29, 1.82) is 0 Å². The van der Waals surface area contributed by atoms with E-state index in [0.717, 1.165) is 120 Å². The number of halogens is 6. The molecule has 0 aliphatic heterocycles. The summed E-state index contributed by atoms with van der Waals surface area (Å²) in [7, 11) is 0. The molecule has 0 radical (unpaired) electrons. The summed E-state index contributed by atoms with van der Waals surface area (Å²) in [5.41, 5.74) is 6.39. The van der Waals surface area contributed by atoms with E-state index in [1.54, 1.807) is 0 Å². The van der Waals surface area contributed by atoms with Crippen LogP contribution in [0.2, 0.25) is 0 Å². The smallest absolute Gasteiger partial charge is 0.416 e. The molecule has 2 aromatic heterocycles. The van der Waals surface area contributed by atoms with Gasteiger partial charge in [-0.3, -0.25) is 0 Å². The molecule has 2 heterocycles. The van der Waals surface area contributed by atoms with Crippen LogP contribution in [0.15, 0.2) is 123 Å². The zero-order chi connectivity index (χ0) is 56.0. The van der Waals surface area contributed by atoms with Crippen LogP contribution in [-0.4, -0.2) is 50.9 Å². The first kappa shape index (κ1) is 55.1. The number of alkyl halides is 6. The van der Waals surface area contributed by atoms with E-state index in [4.69, 9.17) is 27.8 Å². The zero-order valence-corrected chi connectivity index (χ0v) is 45.6. The highest BCUT2D eigenvalue weighted by atomic mass is 19.4. The number of ether oxygens (including phenoxy) is 4. The van der Waals surface area contributed by atoms with Crippen molar-refractivity contribution < 1.29 is 54.1 Å². The third kappa shape index (κ3) is 10.7. The lowest BCUT2D eigenvalue weighted by atomic mass is 9.68. The van der Waals surface area contributed by atoms with Gasteiger partial charge in [-0.15, -0.1) is 20.4 Å². The van der Waals surface area contributed by atoms with Crippen LogP contribution in [-0.2, 0) is 27.2 Å². The number of benzene rings is 5. The fourth-order valence-corrected chi connectivity index (χ4v) is 11.5. The number of hydrogen-bond acceptors (Lipinski definition) is 10. The average molecular weight is 1090 g/mol. The van der Waals surface area contributed by atoms with Crippen molar-refractivity contribution in [2.24, 2.45) is 0 Å². The van der Waals surface area contributed by atoms with Gasteiger partial charge in [0.2, 0.25) is 23.6 Å². The van der Waals surface area contributed by atoms with E-state index < -0.39 is 35.0 Å². The summed E-state index contributed by atoms with van der Waals surface area (Å²) in [5, 5.41) is 17.5. The van der Waals surface area contributed by atoms with E-state index in [2.05, 4.69) is 94.0 Å². The van der Waals surface area contributed by atoms with Crippen LogP contribution in [0.3, 0.4) is 0 Å². The van der Waals surface area contributed by atoms with E-state index in [1.807, 2.05) is 36.4 Å². The molecule has 3 aliphatic rings. The molecule has 3 aliphatic carbocycles. The summed E-state index contributed by atoms with van der Waals surface area (Å²) in [6.45, 7) is 16.8. The average Bonchev–Trinajstić information content (AvgIpc) is 2.43. The number of hydrogen-bond donors (Lipinski definition) is 0. The van der Waals surface area contributed by atoms with Crippen LogP contribution >= 0.6 is 0 Å². The van der Waals surface area contributed by atoms with E-state index in [0.29, 0.717) is 45.9 Å². The second-order valence-electron chi connectivity index (χ2n) is 21.1. The Morgan fingerprint density at radius 2 is 0.886 bits per heavy atom. The number of fused-ring (bicyclic) bond motifs is 9. The summed E-state index contributed by atoms with van der Waals surface area (Å²) in [4.78, 5) is 0. The van der Waals surface area contributed by atoms with Crippen LogP contribution in [0.5, 0.6) is 11.5 Å². The maximum atomic E-state index is 13.6. The van der Waals surface area contributed by atoms with Crippen LogP contribution in [0.25, 0.3) is 62.5 Å². The summed E-state index contributed by atoms with van der Waals surface area (Å²) in [6, 6.07) is 25.3. The molecule has 0 saturated carbocycles. The monoisotopic (exact) mass is 1090 g/mol. The topological polar surface area (TPSA) is 115 Å². The molecule has 0 bridgehead atoms. The van der Waals surface area contributed by atoms with E-state index in [1.165, 1.54) is 24.3 Å². The molecule has 16 heteroatoms. The minimum absolute atomic E-state index is 0.0488. The molecule has 10 rings (SSSR count). The van der Waals surface area contributed by atoms with Gasteiger partial charge in [-0.2, -0.15) is 26.3 Å². The molecule has 0 amide bonds. The predicted octanol–water partition coefficient (Wildman–Crippen LogP) is 17.4. The Bertz CT molecular complexity index is 3250. The van der Waals surface area contributed by atoms with Gasteiger partial charge in [-0.05, 0) is 189 Å². The fourth-order valence-electron chi connectivity index (χ4n) is 11.5. The third-order valence-corrected chi connectivity index (χ3v) is 15.1. The number of aromatic nitrogens is 4. The third-order valence-electron chi connectivity index (χ3n) is 15.1. The van der Waals surface area contributed by atoms with Gasteiger partial charge >= 0.3 is 12.4 Å². The molecule has 10 nitrogen and oxygen atoms in total. The van der Waals surface area contributed by atoms with Crippen LogP contribution < -0.4 is 9.47 Å². The number of rotatable bonds is 20. The van der Waals surface area contributed by atoms with Crippen LogP contribution in [0.4, 0.5) is 26.3 Å². The first-order valence-electron chi connectivity index (χ1n) is 27.5. The molecular weight excluding hydrogens is 1020 g/mol. The Hall–Kier alpha value is -7.20. The molecule has 1 spiro atoms. The fraction of sp³-hybridized carbons (Fsp3) is 0.397. The molecule has 5 atom stereocenters. The largest absolute Gasteiger partial charge is 0.492 e. The molecule has 7 aromatic rings. The highest BCUT2D eigenvalue weighted by Gasteiger charge is 2.55.